The third-order valence-corrected chi connectivity index (χ3v) is 4.31. The molecule has 1 unspecified atom stereocenters. The van der Waals surface area contributed by atoms with Gasteiger partial charge in [0.2, 0.25) is 10.0 Å². The van der Waals surface area contributed by atoms with Crippen LogP contribution < -0.4 is 10.0 Å². The Labute approximate surface area is 119 Å². The van der Waals surface area contributed by atoms with E-state index in [1.165, 1.54) is 12.1 Å². The third-order valence-electron chi connectivity index (χ3n) is 2.45. The van der Waals surface area contributed by atoms with Gasteiger partial charge in [-0.1, -0.05) is 15.9 Å². The summed E-state index contributed by atoms with van der Waals surface area (Å²) in [5.74, 6) is 0. The number of sulfonamides is 1. The van der Waals surface area contributed by atoms with E-state index < -0.39 is 14.9 Å². The number of hydrogen-bond acceptors (Lipinski definition) is 5. The summed E-state index contributed by atoms with van der Waals surface area (Å²) in [4.78, 5) is 9.92. The van der Waals surface area contributed by atoms with Crippen LogP contribution in [0.5, 0.6) is 0 Å². The highest BCUT2D eigenvalue weighted by Crippen LogP contribution is 2.24. The highest BCUT2D eigenvalue weighted by atomic mass is 79.9. The Morgan fingerprint density at radius 2 is 2.05 bits per heavy atom. The van der Waals surface area contributed by atoms with E-state index in [1.54, 1.807) is 7.05 Å². The van der Waals surface area contributed by atoms with Crippen molar-refractivity contribution in [2.75, 3.05) is 13.6 Å². The quantitative estimate of drug-likeness (QED) is 0.593. The first-order chi connectivity index (χ1) is 8.76. The Balaban J connectivity index is 3.04. The molecule has 0 radical (unpaired) electrons. The topological polar surface area (TPSA) is 101 Å². The van der Waals surface area contributed by atoms with Gasteiger partial charge in [-0.15, -0.1) is 0 Å². The number of rotatable bonds is 6. The molecular formula is C10H14BrN3O4S. The van der Waals surface area contributed by atoms with Gasteiger partial charge in [0, 0.05) is 29.2 Å². The maximum Gasteiger partial charge on any atom is 0.271 e. The summed E-state index contributed by atoms with van der Waals surface area (Å²) in [6.07, 6.45) is 0. The Hall–Kier alpha value is -1.03. The Kier molecular flexibility index (Phi) is 5.41. The average molecular weight is 352 g/mol. The molecule has 0 saturated carbocycles. The lowest BCUT2D eigenvalue weighted by Crippen LogP contribution is -2.37. The lowest BCUT2D eigenvalue weighted by molar-refractivity contribution is -0.385. The summed E-state index contributed by atoms with van der Waals surface area (Å²) >= 11 is 3.06. The van der Waals surface area contributed by atoms with Gasteiger partial charge < -0.3 is 5.32 Å². The molecule has 0 aliphatic rings. The number of hydrogen-bond donors (Lipinski definition) is 2. The van der Waals surface area contributed by atoms with Crippen LogP contribution >= 0.6 is 15.9 Å². The molecule has 9 heteroatoms. The lowest BCUT2D eigenvalue weighted by Gasteiger charge is -2.12. The second kappa shape index (κ2) is 6.42. The monoisotopic (exact) mass is 351 g/mol. The first-order valence-corrected chi connectivity index (χ1v) is 7.66. The van der Waals surface area contributed by atoms with Crippen LogP contribution in [0.15, 0.2) is 27.6 Å². The molecule has 7 nitrogen and oxygen atoms in total. The molecule has 0 bridgehead atoms. The Bertz CT molecular complexity index is 576. The molecule has 1 aromatic carbocycles. The minimum absolute atomic E-state index is 0.0445. The summed E-state index contributed by atoms with van der Waals surface area (Å²) in [5.41, 5.74) is -0.281. The van der Waals surface area contributed by atoms with Crippen molar-refractivity contribution in [3.05, 3.63) is 32.8 Å². The van der Waals surface area contributed by atoms with E-state index in [0.29, 0.717) is 4.47 Å². The van der Waals surface area contributed by atoms with E-state index in [-0.39, 0.29) is 23.2 Å². The normalized spacial score (nSPS) is 13.2. The fourth-order valence-corrected chi connectivity index (χ4v) is 3.06. The van der Waals surface area contributed by atoms with E-state index in [1.807, 2.05) is 6.92 Å². The zero-order valence-corrected chi connectivity index (χ0v) is 12.8. The zero-order chi connectivity index (χ0) is 14.6. The number of nitrogens with one attached hydrogen (secondary N) is 2. The van der Waals surface area contributed by atoms with Crippen molar-refractivity contribution in [1.82, 2.24) is 10.0 Å². The summed E-state index contributed by atoms with van der Waals surface area (Å²) in [5, 5.41) is 13.6. The lowest BCUT2D eigenvalue weighted by atomic mass is 10.3. The Morgan fingerprint density at radius 1 is 1.42 bits per heavy atom. The van der Waals surface area contributed by atoms with Crippen molar-refractivity contribution < 1.29 is 13.3 Å². The number of nitro groups is 1. The standard InChI is InChI=1S/C10H14BrN3O4S/c1-7(12-2)6-13-19(17,18)10-4-8(11)3-9(5-10)14(15)16/h3-5,7,12-13H,6H2,1-2H3. The minimum atomic E-state index is -3.77. The van der Waals surface area contributed by atoms with Crippen LogP contribution in [0.1, 0.15) is 6.92 Å². The van der Waals surface area contributed by atoms with E-state index >= 15 is 0 Å². The highest BCUT2D eigenvalue weighted by Gasteiger charge is 2.19. The van der Waals surface area contributed by atoms with Crippen LogP contribution in [0.2, 0.25) is 0 Å². The zero-order valence-electron chi connectivity index (χ0n) is 10.4. The summed E-state index contributed by atoms with van der Waals surface area (Å²) in [6.45, 7) is 2.00. The molecular weight excluding hydrogens is 338 g/mol. The molecule has 0 aliphatic heterocycles. The molecule has 0 aromatic heterocycles. The molecule has 2 N–H and O–H groups in total. The fraction of sp³-hybridized carbons (Fsp3) is 0.400. The van der Waals surface area contributed by atoms with Crippen LogP contribution in [-0.4, -0.2) is 33.0 Å². The van der Waals surface area contributed by atoms with Gasteiger partial charge in [-0.25, -0.2) is 13.1 Å². The van der Waals surface area contributed by atoms with E-state index in [2.05, 4.69) is 26.0 Å². The maximum atomic E-state index is 12.0. The number of nitro benzene ring substituents is 1. The van der Waals surface area contributed by atoms with Gasteiger partial charge in [-0.2, -0.15) is 0 Å². The number of nitrogens with zero attached hydrogens (tertiary/aromatic N) is 1. The van der Waals surface area contributed by atoms with Crippen molar-refractivity contribution in [1.29, 1.82) is 0 Å². The number of benzene rings is 1. The minimum Gasteiger partial charge on any atom is -0.316 e. The van der Waals surface area contributed by atoms with E-state index in [9.17, 15) is 18.5 Å². The van der Waals surface area contributed by atoms with Crippen molar-refractivity contribution >= 4 is 31.6 Å². The third kappa shape index (κ3) is 4.53. The SMILES string of the molecule is CNC(C)CNS(=O)(=O)c1cc(Br)cc([N+](=O)[O-])c1. The van der Waals surface area contributed by atoms with Crippen LogP contribution in [-0.2, 0) is 10.0 Å². The maximum absolute atomic E-state index is 12.0. The summed E-state index contributed by atoms with van der Waals surface area (Å²) < 4.78 is 26.7. The van der Waals surface area contributed by atoms with Crippen molar-refractivity contribution in [3.63, 3.8) is 0 Å². The smallest absolute Gasteiger partial charge is 0.271 e. The molecule has 0 spiro atoms. The Morgan fingerprint density at radius 3 is 2.58 bits per heavy atom. The van der Waals surface area contributed by atoms with Gasteiger partial charge in [0.25, 0.3) is 5.69 Å². The predicted octanol–water partition coefficient (Wildman–Crippen LogP) is 1.24. The second-order valence-electron chi connectivity index (χ2n) is 3.94. The molecule has 106 valence electrons. The van der Waals surface area contributed by atoms with Crippen molar-refractivity contribution in [2.45, 2.75) is 17.9 Å². The van der Waals surface area contributed by atoms with Crippen LogP contribution in [0.25, 0.3) is 0 Å². The van der Waals surface area contributed by atoms with Crippen molar-refractivity contribution in [2.24, 2.45) is 0 Å². The molecule has 0 fully saturated rings. The van der Waals surface area contributed by atoms with E-state index in [0.717, 1.165) is 6.07 Å². The number of likely N-dealkylation sites (N-methyl/N-ethyl adjacent to an activating group) is 1. The molecule has 1 aromatic rings. The molecule has 0 aliphatic carbocycles. The molecule has 0 heterocycles. The van der Waals surface area contributed by atoms with E-state index in [4.69, 9.17) is 0 Å². The van der Waals surface area contributed by atoms with Gasteiger partial charge in [-0.05, 0) is 20.0 Å². The molecule has 19 heavy (non-hydrogen) atoms. The first-order valence-electron chi connectivity index (χ1n) is 5.38. The molecule has 0 saturated heterocycles. The summed E-state index contributed by atoms with van der Waals surface area (Å²) in [7, 11) is -2.06. The van der Waals surface area contributed by atoms with Gasteiger partial charge >= 0.3 is 0 Å². The predicted molar refractivity (Wildman–Crippen MR) is 74.5 cm³/mol. The van der Waals surface area contributed by atoms with Gasteiger partial charge in [0.15, 0.2) is 0 Å². The average Bonchev–Trinajstić information content (AvgIpc) is 2.35. The number of non-ortho nitro benzene ring substituents is 1. The van der Waals surface area contributed by atoms with Crippen LogP contribution in [0, 0.1) is 10.1 Å². The van der Waals surface area contributed by atoms with Gasteiger partial charge in [0.1, 0.15) is 0 Å². The van der Waals surface area contributed by atoms with Gasteiger partial charge in [0.05, 0.1) is 9.82 Å². The highest BCUT2D eigenvalue weighted by molar-refractivity contribution is 9.10. The van der Waals surface area contributed by atoms with Crippen LogP contribution in [0.3, 0.4) is 0 Å². The first kappa shape index (κ1) is 16.0. The largest absolute Gasteiger partial charge is 0.316 e. The fourth-order valence-electron chi connectivity index (χ4n) is 1.23. The van der Waals surface area contributed by atoms with Crippen molar-refractivity contribution in [3.8, 4) is 0 Å². The molecule has 1 rings (SSSR count). The molecule has 1 atom stereocenters. The second-order valence-corrected chi connectivity index (χ2v) is 6.63. The number of halogens is 1. The van der Waals surface area contributed by atoms with Crippen LogP contribution in [0.4, 0.5) is 5.69 Å². The van der Waals surface area contributed by atoms with Gasteiger partial charge in [-0.3, -0.25) is 10.1 Å². The molecule has 0 amide bonds. The summed E-state index contributed by atoms with van der Waals surface area (Å²) in [6, 6.07) is 3.54.